The molecule has 17 heavy (non-hydrogen) atoms. The van der Waals surface area contributed by atoms with E-state index in [1.54, 1.807) is 12.1 Å². The molecule has 1 aromatic rings. The van der Waals surface area contributed by atoms with Crippen molar-refractivity contribution >= 4 is 15.5 Å². The van der Waals surface area contributed by atoms with Gasteiger partial charge in [-0.2, -0.15) is 0 Å². The lowest BCUT2D eigenvalue weighted by Gasteiger charge is -2.21. The average molecular weight is 255 g/mol. The molecule has 0 bridgehead atoms. The molecule has 96 valence electrons. The molecule has 1 rings (SSSR count). The van der Waals surface area contributed by atoms with Crippen LogP contribution in [0, 0.1) is 12.3 Å². The van der Waals surface area contributed by atoms with E-state index in [9.17, 15) is 8.42 Å². The van der Waals surface area contributed by atoms with Gasteiger partial charge in [0.1, 0.15) is 0 Å². The predicted octanol–water partition coefficient (Wildman–Crippen LogP) is 2.86. The smallest absolute Gasteiger partial charge is 0.175 e. The molecule has 0 aromatic heterocycles. The van der Waals surface area contributed by atoms with Crippen LogP contribution in [-0.4, -0.2) is 21.2 Å². The summed E-state index contributed by atoms with van der Waals surface area (Å²) in [6.07, 6.45) is 1.23. The molecule has 3 nitrogen and oxygen atoms in total. The Hall–Kier alpha value is -1.03. The van der Waals surface area contributed by atoms with Gasteiger partial charge in [0.25, 0.3) is 0 Å². The number of aryl methyl sites for hydroxylation is 1. The second kappa shape index (κ2) is 4.69. The van der Waals surface area contributed by atoms with E-state index >= 15 is 0 Å². The first-order valence-electron chi connectivity index (χ1n) is 5.64. The van der Waals surface area contributed by atoms with Crippen LogP contribution < -0.4 is 5.32 Å². The van der Waals surface area contributed by atoms with Gasteiger partial charge in [-0.3, -0.25) is 0 Å². The van der Waals surface area contributed by atoms with Gasteiger partial charge < -0.3 is 5.32 Å². The lowest BCUT2D eigenvalue weighted by molar-refractivity contribution is 0.443. The molecule has 0 fully saturated rings. The fourth-order valence-corrected chi connectivity index (χ4v) is 2.03. The normalized spacial score (nSPS) is 12.5. The fraction of sp³-hybridized carbons (Fsp3) is 0.538. The van der Waals surface area contributed by atoms with Crippen molar-refractivity contribution in [3.8, 4) is 0 Å². The van der Waals surface area contributed by atoms with Crippen LogP contribution in [0.1, 0.15) is 26.3 Å². The summed E-state index contributed by atoms with van der Waals surface area (Å²) in [5.41, 5.74) is 2.11. The second-order valence-electron chi connectivity index (χ2n) is 5.66. The first kappa shape index (κ1) is 14.0. The van der Waals surface area contributed by atoms with E-state index in [1.807, 2.05) is 13.0 Å². The number of hydrogen-bond donors (Lipinski definition) is 1. The lowest BCUT2D eigenvalue weighted by atomic mass is 9.97. The highest BCUT2D eigenvalue weighted by atomic mass is 32.2. The van der Waals surface area contributed by atoms with E-state index in [-0.39, 0.29) is 5.41 Å². The molecule has 0 saturated heterocycles. The minimum absolute atomic E-state index is 0.160. The van der Waals surface area contributed by atoms with E-state index in [1.165, 1.54) is 6.26 Å². The lowest BCUT2D eigenvalue weighted by Crippen LogP contribution is -2.19. The van der Waals surface area contributed by atoms with Gasteiger partial charge in [-0.15, -0.1) is 0 Å². The Kier molecular flexibility index (Phi) is 3.87. The molecule has 0 unspecified atom stereocenters. The van der Waals surface area contributed by atoms with E-state index in [0.29, 0.717) is 4.90 Å². The van der Waals surface area contributed by atoms with E-state index in [4.69, 9.17) is 0 Å². The topological polar surface area (TPSA) is 46.2 Å². The zero-order valence-electron chi connectivity index (χ0n) is 11.2. The third-order valence-electron chi connectivity index (χ3n) is 2.45. The van der Waals surface area contributed by atoms with Crippen LogP contribution in [0.5, 0.6) is 0 Å². The third kappa shape index (κ3) is 4.38. The van der Waals surface area contributed by atoms with Crippen molar-refractivity contribution in [3.63, 3.8) is 0 Å². The van der Waals surface area contributed by atoms with Crippen LogP contribution in [0.2, 0.25) is 0 Å². The Morgan fingerprint density at radius 1 is 1.24 bits per heavy atom. The summed E-state index contributed by atoms with van der Waals surface area (Å²) in [5, 5.41) is 3.30. The third-order valence-corrected chi connectivity index (χ3v) is 3.56. The molecular formula is C13H21NO2S. The Morgan fingerprint density at radius 3 is 2.29 bits per heavy atom. The first-order chi connectivity index (χ1) is 7.59. The fourth-order valence-electron chi connectivity index (χ4n) is 1.38. The van der Waals surface area contributed by atoms with Crippen molar-refractivity contribution in [3.05, 3.63) is 23.8 Å². The second-order valence-corrected chi connectivity index (χ2v) is 7.68. The van der Waals surface area contributed by atoms with Crippen LogP contribution >= 0.6 is 0 Å². The van der Waals surface area contributed by atoms with Crippen molar-refractivity contribution in [1.82, 2.24) is 0 Å². The molecule has 1 aromatic carbocycles. The molecule has 0 aliphatic rings. The maximum atomic E-state index is 11.5. The zero-order chi connectivity index (χ0) is 13.3. The highest BCUT2D eigenvalue weighted by molar-refractivity contribution is 7.90. The highest BCUT2D eigenvalue weighted by Crippen LogP contribution is 2.22. The summed E-state index contributed by atoms with van der Waals surface area (Å²) >= 11 is 0. The number of benzene rings is 1. The Bertz CT molecular complexity index is 499. The first-order valence-corrected chi connectivity index (χ1v) is 7.53. The summed E-state index contributed by atoms with van der Waals surface area (Å²) in [4.78, 5) is 0.361. The number of hydrogen-bond acceptors (Lipinski definition) is 3. The SMILES string of the molecule is Cc1ccc(S(C)(=O)=O)cc1NCC(C)(C)C. The average Bonchev–Trinajstić information content (AvgIpc) is 2.13. The van der Waals surface area contributed by atoms with Crippen molar-refractivity contribution in [2.75, 3.05) is 18.1 Å². The molecule has 1 N–H and O–H groups in total. The van der Waals surface area contributed by atoms with Gasteiger partial charge in [-0.1, -0.05) is 26.8 Å². The van der Waals surface area contributed by atoms with Gasteiger partial charge in [0.2, 0.25) is 0 Å². The standard InChI is InChI=1S/C13H21NO2S/c1-10-6-7-11(17(5,15)16)8-12(10)14-9-13(2,3)4/h6-8,14H,9H2,1-5H3. The molecule has 4 heteroatoms. The Balaban J connectivity index is 3.00. The molecule has 0 atom stereocenters. The monoisotopic (exact) mass is 255 g/mol. The molecule has 0 spiro atoms. The van der Waals surface area contributed by atoms with Gasteiger partial charge in [-0.05, 0) is 30.0 Å². The van der Waals surface area contributed by atoms with Crippen LogP contribution in [-0.2, 0) is 9.84 Å². The number of nitrogens with one attached hydrogen (secondary N) is 1. The van der Waals surface area contributed by atoms with Crippen LogP contribution in [0.3, 0.4) is 0 Å². The number of rotatable bonds is 3. The van der Waals surface area contributed by atoms with Gasteiger partial charge in [-0.25, -0.2) is 8.42 Å². The maximum absolute atomic E-state index is 11.5. The van der Waals surface area contributed by atoms with Crippen molar-refractivity contribution in [2.24, 2.45) is 5.41 Å². The summed E-state index contributed by atoms with van der Waals surface area (Å²) in [5.74, 6) is 0. The molecule has 0 aliphatic carbocycles. The van der Waals surface area contributed by atoms with Crippen LogP contribution in [0.15, 0.2) is 23.1 Å². The molecule has 0 heterocycles. The van der Waals surface area contributed by atoms with Crippen LogP contribution in [0.4, 0.5) is 5.69 Å². The maximum Gasteiger partial charge on any atom is 0.175 e. The van der Waals surface area contributed by atoms with E-state index in [0.717, 1.165) is 17.8 Å². The Morgan fingerprint density at radius 2 is 1.82 bits per heavy atom. The number of sulfone groups is 1. The van der Waals surface area contributed by atoms with E-state index < -0.39 is 9.84 Å². The summed E-state index contributed by atoms with van der Waals surface area (Å²) in [6.45, 7) is 9.18. The van der Waals surface area contributed by atoms with Gasteiger partial charge >= 0.3 is 0 Å². The summed E-state index contributed by atoms with van der Waals surface area (Å²) < 4.78 is 22.9. The predicted molar refractivity (Wildman–Crippen MR) is 72.2 cm³/mol. The molecular weight excluding hydrogens is 234 g/mol. The van der Waals surface area contributed by atoms with Crippen molar-refractivity contribution in [1.29, 1.82) is 0 Å². The quantitative estimate of drug-likeness (QED) is 0.903. The minimum atomic E-state index is -3.14. The van der Waals surface area contributed by atoms with Gasteiger partial charge in [0.15, 0.2) is 9.84 Å². The van der Waals surface area contributed by atoms with E-state index in [2.05, 4.69) is 26.1 Å². The molecule has 0 saturated carbocycles. The van der Waals surface area contributed by atoms with Gasteiger partial charge in [0, 0.05) is 18.5 Å². The number of anilines is 1. The molecule has 0 amide bonds. The van der Waals surface area contributed by atoms with Crippen LogP contribution in [0.25, 0.3) is 0 Å². The van der Waals surface area contributed by atoms with Crippen molar-refractivity contribution in [2.45, 2.75) is 32.6 Å². The van der Waals surface area contributed by atoms with Crippen molar-refractivity contribution < 1.29 is 8.42 Å². The summed E-state index contributed by atoms with van der Waals surface area (Å²) in [6, 6.07) is 5.19. The minimum Gasteiger partial charge on any atom is -0.384 e. The Labute approximate surface area is 104 Å². The largest absolute Gasteiger partial charge is 0.384 e. The molecule has 0 aliphatic heterocycles. The molecule has 0 radical (unpaired) electrons. The zero-order valence-corrected chi connectivity index (χ0v) is 12.0. The summed E-state index contributed by atoms with van der Waals surface area (Å²) in [7, 11) is -3.14. The van der Waals surface area contributed by atoms with Gasteiger partial charge in [0.05, 0.1) is 4.90 Å². The highest BCUT2D eigenvalue weighted by Gasteiger charge is 2.12.